The maximum atomic E-state index is 11.0. The zero-order valence-electron chi connectivity index (χ0n) is 7.26. The predicted octanol–water partition coefficient (Wildman–Crippen LogP) is 2.40. The molecule has 1 fully saturated rings. The van der Waals surface area contributed by atoms with Crippen molar-refractivity contribution in [1.29, 1.82) is 0 Å². The predicted molar refractivity (Wildman–Crippen MR) is 48.7 cm³/mol. The average molecular weight is 181 g/mol. The third kappa shape index (κ3) is 1.18. The second-order valence-corrected chi connectivity index (χ2v) is 4.51. The first kappa shape index (κ1) is 7.92. The molecule has 0 aromatic carbocycles. The van der Waals surface area contributed by atoms with Crippen LogP contribution < -0.4 is 0 Å². The third-order valence-corrected chi connectivity index (χ3v) is 3.53. The second-order valence-electron chi connectivity index (χ2n) is 3.65. The minimum atomic E-state index is 0.0711. The summed E-state index contributed by atoms with van der Waals surface area (Å²) in [6.07, 6.45) is 2.44. The summed E-state index contributed by atoms with van der Waals surface area (Å²) in [7, 11) is 0. The number of Topliss-reactive ketones (excluding diaryl/α,β-unsaturated/α-hetero) is 1. The monoisotopic (exact) mass is 181 g/mol. The second kappa shape index (κ2) is 2.39. The van der Waals surface area contributed by atoms with Gasteiger partial charge in [-0.05, 0) is 12.8 Å². The molecule has 1 aromatic rings. The zero-order valence-corrected chi connectivity index (χ0v) is 8.07. The Kier molecular flexibility index (Phi) is 1.58. The average Bonchev–Trinajstić information content (AvgIpc) is 2.61. The maximum absolute atomic E-state index is 11.0. The molecule has 2 nitrogen and oxygen atoms in total. The van der Waals surface area contributed by atoms with Gasteiger partial charge in [0.05, 0.1) is 5.01 Å². The van der Waals surface area contributed by atoms with Gasteiger partial charge in [-0.1, -0.05) is 6.92 Å². The van der Waals surface area contributed by atoms with E-state index in [0.717, 1.165) is 5.01 Å². The summed E-state index contributed by atoms with van der Waals surface area (Å²) >= 11 is 1.62. The molecule has 0 N–H and O–H groups in total. The molecule has 1 aliphatic carbocycles. The Hall–Kier alpha value is -0.700. The van der Waals surface area contributed by atoms with Crippen molar-refractivity contribution in [3.8, 4) is 0 Å². The summed E-state index contributed by atoms with van der Waals surface area (Å²) in [5, 5.41) is 2.99. The van der Waals surface area contributed by atoms with E-state index in [9.17, 15) is 4.79 Å². The van der Waals surface area contributed by atoms with Crippen LogP contribution in [-0.4, -0.2) is 10.8 Å². The van der Waals surface area contributed by atoms with Crippen LogP contribution in [0.4, 0.5) is 0 Å². The van der Waals surface area contributed by atoms with Gasteiger partial charge >= 0.3 is 0 Å². The van der Waals surface area contributed by atoms with Crippen LogP contribution in [0.15, 0.2) is 5.38 Å². The van der Waals surface area contributed by atoms with Crippen LogP contribution in [-0.2, 0) is 5.41 Å². The number of rotatable bonds is 2. The number of nitrogens with zero attached hydrogens (tertiary/aromatic N) is 1. The minimum Gasteiger partial charge on any atom is -0.293 e. The first-order valence-electron chi connectivity index (χ1n) is 4.09. The van der Waals surface area contributed by atoms with Crippen LogP contribution in [0.2, 0.25) is 0 Å². The molecule has 1 aromatic heterocycles. The summed E-state index contributed by atoms with van der Waals surface area (Å²) in [5.74, 6) is 0.0711. The van der Waals surface area contributed by atoms with Crippen molar-refractivity contribution in [2.24, 2.45) is 0 Å². The molecule has 64 valence electrons. The molecule has 1 heterocycles. The summed E-state index contributed by atoms with van der Waals surface area (Å²) in [6.45, 7) is 3.77. The van der Waals surface area contributed by atoms with Gasteiger partial charge in [-0.15, -0.1) is 11.3 Å². The largest absolute Gasteiger partial charge is 0.293 e. The molecule has 2 rings (SSSR count). The molecule has 0 aliphatic heterocycles. The Morgan fingerprint density at radius 3 is 2.75 bits per heavy atom. The van der Waals surface area contributed by atoms with E-state index < -0.39 is 0 Å². The Morgan fingerprint density at radius 1 is 1.67 bits per heavy atom. The molecule has 0 spiro atoms. The van der Waals surface area contributed by atoms with Crippen molar-refractivity contribution in [2.75, 3.05) is 0 Å². The number of aromatic nitrogens is 1. The maximum Gasteiger partial charge on any atom is 0.178 e. The Morgan fingerprint density at radius 2 is 2.33 bits per heavy atom. The van der Waals surface area contributed by atoms with Crippen LogP contribution in [0.25, 0.3) is 0 Å². The lowest BCUT2D eigenvalue weighted by atomic mass is 10.2. The quantitative estimate of drug-likeness (QED) is 0.656. The Labute approximate surface area is 75.6 Å². The first-order chi connectivity index (χ1) is 5.62. The third-order valence-electron chi connectivity index (χ3n) is 2.38. The number of carbonyl (C=O) groups is 1. The summed E-state index contributed by atoms with van der Waals surface area (Å²) in [5.41, 5.74) is 0.932. The lowest BCUT2D eigenvalue weighted by Crippen LogP contribution is -2.00. The van der Waals surface area contributed by atoms with E-state index in [2.05, 4.69) is 11.9 Å². The highest BCUT2D eigenvalue weighted by molar-refractivity contribution is 7.10. The fourth-order valence-electron chi connectivity index (χ4n) is 1.11. The van der Waals surface area contributed by atoms with Gasteiger partial charge < -0.3 is 0 Å². The molecular formula is C9H11NOS. The number of hydrogen-bond acceptors (Lipinski definition) is 3. The van der Waals surface area contributed by atoms with Crippen molar-refractivity contribution in [1.82, 2.24) is 4.98 Å². The van der Waals surface area contributed by atoms with Crippen molar-refractivity contribution in [2.45, 2.75) is 32.1 Å². The van der Waals surface area contributed by atoms with Crippen LogP contribution in [0.3, 0.4) is 0 Å². The standard InChI is InChI=1S/C9H11NOS/c1-6(11)7-5-12-8(10-7)9(2)3-4-9/h5H,3-4H2,1-2H3. The molecular weight excluding hydrogens is 170 g/mol. The first-order valence-corrected chi connectivity index (χ1v) is 4.97. The SMILES string of the molecule is CC(=O)c1csc(C2(C)CC2)n1. The summed E-state index contributed by atoms with van der Waals surface area (Å²) in [4.78, 5) is 15.3. The molecule has 0 amide bonds. The number of ketones is 1. The van der Waals surface area contributed by atoms with E-state index in [4.69, 9.17) is 0 Å². The molecule has 12 heavy (non-hydrogen) atoms. The van der Waals surface area contributed by atoms with Gasteiger partial charge in [0.2, 0.25) is 0 Å². The van der Waals surface area contributed by atoms with Crippen molar-refractivity contribution in [3.63, 3.8) is 0 Å². The highest BCUT2D eigenvalue weighted by Gasteiger charge is 2.41. The van der Waals surface area contributed by atoms with Gasteiger partial charge in [-0.3, -0.25) is 4.79 Å². The molecule has 0 bridgehead atoms. The Balaban J connectivity index is 2.30. The van der Waals surface area contributed by atoms with Crippen LogP contribution in [0.5, 0.6) is 0 Å². The van der Waals surface area contributed by atoms with Crippen molar-refractivity contribution >= 4 is 17.1 Å². The lowest BCUT2D eigenvalue weighted by Gasteiger charge is -1.99. The molecule has 0 atom stereocenters. The lowest BCUT2D eigenvalue weighted by molar-refractivity contribution is 0.101. The highest BCUT2D eigenvalue weighted by Crippen LogP contribution is 2.48. The summed E-state index contributed by atoms with van der Waals surface area (Å²) < 4.78 is 0. The minimum absolute atomic E-state index is 0.0711. The van der Waals surface area contributed by atoms with Crippen molar-refractivity contribution < 1.29 is 4.79 Å². The number of thiazole rings is 1. The van der Waals surface area contributed by atoms with E-state index in [-0.39, 0.29) is 5.78 Å². The summed E-state index contributed by atoms with van der Waals surface area (Å²) in [6, 6.07) is 0. The van der Waals surface area contributed by atoms with E-state index in [1.54, 1.807) is 18.3 Å². The van der Waals surface area contributed by atoms with Crippen LogP contribution in [0.1, 0.15) is 42.2 Å². The molecule has 0 unspecified atom stereocenters. The normalized spacial score (nSPS) is 19.2. The van der Waals surface area contributed by atoms with Crippen LogP contribution in [0, 0.1) is 0 Å². The van der Waals surface area contributed by atoms with Crippen molar-refractivity contribution in [3.05, 3.63) is 16.1 Å². The number of carbonyl (C=O) groups excluding carboxylic acids is 1. The molecule has 0 saturated heterocycles. The van der Waals surface area contributed by atoms with E-state index in [1.165, 1.54) is 12.8 Å². The van der Waals surface area contributed by atoms with Gasteiger partial charge in [-0.25, -0.2) is 4.98 Å². The van der Waals surface area contributed by atoms with E-state index >= 15 is 0 Å². The highest BCUT2D eigenvalue weighted by atomic mass is 32.1. The molecule has 0 radical (unpaired) electrons. The van der Waals surface area contributed by atoms with Gasteiger partial charge in [0.15, 0.2) is 5.78 Å². The fraction of sp³-hybridized carbons (Fsp3) is 0.556. The molecule has 1 aliphatic rings. The van der Waals surface area contributed by atoms with E-state index in [0.29, 0.717) is 11.1 Å². The number of hydrogen-bond donors (Lipinski definition) is 0. The fourth-order valence-corrected chi connectivity index (χ4v) is 2.20. The zero-order chi connectivity index (χ0) is 8.77. The smallest absolute Gasteiger partial charge is 0.178 e. The Bertz CT molecular complexity index is 325. The van der Waals surface area contributed by atoms with Crippen LogP contribution >= 0.6 is 11.3 Å². The van der Waals surface area contributed by atoms with Gasteiger partial charge in [0, 0.05) is 17.7 Å². The van der Waals surface area contributed by atoms with Gasteiger partial charge in [0.25, 0.3) is 0 Å². The molecule has 3 heteroatoms. The topological polar surface area (TPSA) is 30.0 Å². The van der Waals surface area contributed by atoms with Gasteiger partial charge in [0.1, 0.15) is 5.69 Å². The van der Waals surface area contributed by atoms with Gasteiger partial charge in [-0.2, -0.15) is 0 Å². The molecule has 1 saturated carbocycles. The van der Waals surface area contributed by atoms with E-state index in [1.807, 2.05) is 5.38 Å².